The van der Waals surface area contributed by atoms with Crippen LogP contribution in [0.3, 0.4) is 0 Å². The SMILES string of the molecule is Clc1cccc(N2CCCN3CCCCC3C2)c1Cl. The molecule has 0 amide bonds. The zero-order valence-corrected chi connectivity index (χ0v) is 12.6. The molecular weight excluding hydrogens is 279 g/mol. The summed E-state index contributed by atoms with van der Waals surface area (Å²) in [5, 5.41) is 1.36. The minimum absolute atomic E-state index is 0.656. The standard InChI is InChI=1S/C15H20Cl2N2/c16-13-6-3-7-14(15(13)17)19-10-4-9-18-8-2-1-5-12(18)11-19/h3,6-7,12H,1-2,4-5,8-11H2. The fraction of sp³-hybridized carbons (Fsp3) is 0.600. The highest BCUT2D eigenvalue weighted by molar-refractivity contribution is 6.43. The van der Waals surface area contributed by atoms with E-state index in [1.165, 1.54) is 38.8 Å². The van der Waals surface area contributed by atoms with Crippen molar-refractivity contribution in [2.75, 3.05) is 31.1 Å². The number of piperidine rings is 1. The van der Waals surface area contributed by atoms with Gasteiger partial charge in [-0.2, -0.15) is 0 Å². The Kier molecular flexibility index (Phi) is 4.21. The number of hydrogen-bond donors (Lipinski definition) is 0. The van der Waals surface area contributed by atoms with Crippen molar-refractivity contribution in [3.8, 4) is 0 Å². The van der Waals surface area contributed by atoms with Gasteiger partial charge in [-0.05, 0) is 37.9 Å². The van der Waals surface area contributed by atoms with Crippen molar-refractivity contribution in [1.82, 2.24) is 4.90 Å². The van der Waals surface area contributed by atoms with E-state index in [4.69, 9.17) is 23.2 Å². The Balaban J connectivity index is 1.82. The van der Waals surface area contributed by atoms with Crippen molar-refractivity contribution in [2.45, 2.75) is 31.7 Å². The topological polar surface area (TPSA) is 6.48 Å². The Morgan fingerprint density at radius 2 is 1.84 bits per heavy atom. The first-order chi connectivity index (χ1) is 9.25. The summed E-state index contributed by atoms with van der Waals surface area (Å²) in [7, 11) is 0. The van der Waals surface area contributed by atoms with E-state index in [0.717, 1.165) is 18.8 Å². The molecule has 0 aromatic heterocycles. The highest BCUT2D eigenvalue weighted by Gasteiger charge is 2.27. The van der Waals surface area contributed by atoms with E-state index >= 15 is 0 Å². The fourth-order valence-corrected chi connectivity index (χ4v) is 3.74. The second-order valence-corrected chi connectivity index (χ2v) is 6.34. The smallest absolute Gasteiger partial charge is 0.0825 e. The van der Waals surface area contributed by atoms with E-state index in [1.54, 1.807) is 0 Å². The van der Waals surface area contributed by atoms with Gasteiger partial charge in [0.25, 0.3) is 0 Å². The maximum absolute atomic E-state index is 6.37. The lowest BCUT2D eigenvalue weighted by Gasteiger charge is -2.36. The van der Waals surface area contributed by atoms with Crippen LogP contribution in [0.5, 0.6) is 0 Å². The molecule has 0 radical (unpaired) electrons. The van der Waals surface area contributed by atoms with Crippen LogP contribution in [0.2, 0.25) is 10.0 Å². The Morgan fingerprint density at radius 3 is 2.74 bits per heavy atom. The number of fused-ring (bicyclic) bond motifs is 1. The van der Waals surface area contributed by atoms with Gasteiger partial charge in [-0.1, -0.05) is 35.7 Å². The van der Waals surface area contributed by atoms with Crippen molar-refractivity contribution in [1.29, 1.82) is 0 Å². The van der Waals surface area contributed by atoms with Crippen LogP contribution in [0, 0.1) is 0 Å². The van der Waals surface area contributed by atoms with Crippen LogP contribution in [0.4, 0.5) is 5.69 Å². The summed E-state index contributed by atoms with van der Waals surface area (Å²) < 4.78 is 0. The zero-order chi connectivity index (χ0) is 13.2. The Labute approximate surface area is 125 Å². The highest BCUT2D eigenvalue weighted by atomic mass is 35.5. The summed E-state index contributed by atoms with van der Waals surface area (Å²) in [6.45, 7) is 4.65. The highest BCUT2D eigenvalue weighted by Crippen LogP contribution is 2.34. The van der Waals surface area contributed by atoms with Crippen LogP contribution in [0.25, 0.3) is 0 Å². The minimum atomic E-state index is 0.656. The van der Waals surface area contributed by atoms with Crippen LogP contribution in [-0.2, 0) is 0 Å². The van der Waals surface area contributed by atoms with E-state index in [1.807, 2.05) is 12.1 Å². The molecule has 0 aliphatic carbocycles. The van der Waals surface area contributed by atoms with E-state index in [-0.39, 0.29) is 0 Å². The van der Waals surface area contributed by atoms with E-state index in [2.05, 4.69) is 15.9 Å². The van der Waals surface area contributed by atoms with Crippen LogP contribution < -0.4 is 4.90 Å². The molecule has 2 nitrogen and oxygen atoms in total. The van der Waals surface area contributed by atoms with Gasteiger partial charge in [0.1, 0.15) is 0 Å². The molecule has 2 fully saturated rings. The first-order valence-corrected chi connectivity index (χ1v) is 7.94. The van der Waals surface area contributed by atoms with Gasteiger partial charge in [0.15, 0.2) is 0 Å². The van der Waals surface area contributed by atoms with Crippen molar-refractivity contribution in [3.05, 3.63) is 28.2 Å². The maximum Gasteiger partial charge on any atom is 0.0825 e. The minimum Gasteiger partial charge on any atom is -0.369 e. The molecule has 0 spiro atoms. The van der Waals surface area contributed by atoms with E-state index in [0.29, 0.717) is 16.1 Å². The lowest BCUT2D eigenvalue weighted by atomic mass is 10.0. The second-order valence-electron chi connectivity index (χ2n) is 5.56. The maximum atomic E-state index is 6.37. The molecule has 2 aliphatic rings. The van der Waals surface area contributed by atoms with Crippen LogP contribution in [0.15, 0.2) is 18.2 Å². The molecule has 1 aromatic carbocycles. The van der Waals surface area contributed by atoms with Crippen molar-refractivity contribution in [3.63, 3.8) is 0 Å². The third kappa shape index (κ3) is 2.86. The molecule has 2 aliphatic heterocycles. The summed E-state index contributed by atoms with van der Waals surface area (Å²) in [5.41, 5.74) is 1.10. The molecule has 2 heterocycles. The number of halogens is 2. The number of anilines is 1. The molecule has 0 N–H and O–H groups in total. The Bertz CT molecular complexity index is 450. The largest absolute Gasteiger partial charge is 0.369 e. The van der Waals surface area contributed by atoms with Crippen LogP contribution in [-0.4, -0.2) is 37.1 Å². The molecular formula is C15H20Cl2N2. The summed E-state index contributed by atoms with van der Waals surface area (Å²) >= 11 is 12.5. The predicted octanol–water partition coefficient (Wildman–Crippen LogP) is 4.06. The molecule has 1 aromatic rings. The lowest BCUT2D eigenvalue weighted by Crippen LogP contribution is -2.44. The van der Waals surface area contributed by atoms with Crippen LogP contribution in [0.1, 0.15) is 25.7 Å². The summed E-state index contributed by atoms with van der Waals surface area (Å²) in [4.78, 5) is 5.08. The van der Waals surface area contributed by atoms with Crippen molar-refractivity contribution >= 4 is 28.9 Å². The van der Waals surface area contributed by atoms with Crippen molar-refractivity contribution < 1.29 is 0 Å². The van der Waals surface area contributed by atoms with Gasteiger partial charge in [-0.25, -0.2) is 0 Å². The van der Waals surface area contributed by atoms with Crippen molar-refractivity contribution in [2.24, 2.45) is 0 Å². The predicted molar refractivity (Wildman–Crippen MR) is 82.5 cm³/mol. The van der Waals surface area contributed by atoms with Gasteiger partial charge in [0.05, 0.1) is 15.7 Å². The second kappa shape index (κ2) is 5.90. The molecule has 0 saturated carbocycles. The van der Waals surface area contributed by atoms with E-state index < -0.39 is 0 Å². The van der Waals surface area contributed by atoms with Gasteiger partial charge in [0, 0.05) is 25.7 Å². The molecule has 1 atom stereocenters. The monoisotopic (exact) mass is 298 g/mol. The Morgan fingerprint density at radius 1 is 1.00 bits per heavy atom. The first kappa shape index (κ1) is 13.5. The summed E-state index contributed by atoms with van der Waals surface area (Å²) in [6.07, 6.45) is 5.24. The average Bonchev–Trinajstić information content (AvgIpc) is 2.64. The Hall–Kier alpha value is -0.440. The van der Waals surface area contributed by atoms with Gasteiger partial charge in [-0.3, -0.25) is 4.90 Å². The van der Waals surface area contributed by atoms with Gasteiger partial charge in [0.2, 0.25) is 0 Å². The molecule has 1 unspecified atom stereocenters. The normalized spacial score (nSPS) is 24.9. The first-order valence-electron chi connectivity index (χ1n) is 7.19. The summed E-state index contributed by atoms with van der Waals surface area (Å²) in [5.74, 6) is 0. The number of hydrogen-bond acceptors (Lipinski definition) is 2. The molecule has 3 rings (SSSR count). The zero-order valence-electron chi connectivity index (χ0n) is 11.1. The van der Waals surface area contributed by atoms with Crippen LogP contribution >= 0.6 is 23.2 Å². The molecule has 0 bridgehead atoms. The quantitative estimate of drug-likeness (QED) is 0.771. The van der Waals surface area contributed by atoms with Gasteiger partial charge >= 0.3 is 0 Å². The number of benzene rings is 1. The molecule has 19 heavy (non-hydrogen) atoms. The molecule has 4 heteroatoms. The lowest BCUT2D eigenvalue weighted by molar-refractivity contribution is 0.162. The third-order valence-electron chi connectivity index (χ3n) is 4.33. The number of rotatable bonds is 1. The van der Waals surface area contributed by atoms with E-state index in [9.17, 15) is 0 Å². The van der Waals surface area contributed by atoms with Gasteiger partial charge in [-0.15, -0.1) is 0 Å². The number of nitrogens with zero attached hydrogens (tertiary/aromatic N) is 2. The molecule has 104 valence electrons. The average molecular weight is 299 g/mol. The molecule has 2 saturated heterocycles. The third-order valence-corrected chi connectivity index (χ3v) is 5.13. The fourth-order valence-electron chi connectivity index (χ4n) is 3.33. The summed E-state index contributed by atoms with van der Waals surface area (Å²) in [6, 6.07) is 6.63. The van der Waals surface area contributed by atoms with Gasteiger partial charge < -0.3 is 4.90 Å².